The molecule has 4 heteroatoms. The number of pyridine rings is 1. The Hall–Kier alpha value is -1.91. The van der Waals surface area contributed by atoms with Gasteiger partial charge in [-0.2, -0.15) is 0 Å². The lowest BCUT2D eigenvalue weighted by molar-refractivity contribution is 0.219. The Labute approximate surface area is 138 Å². The fraction of sp³-hybridized carbons (Fsp3) is 0.421. The molecule has 1 N–H and O–H groups in total. The van der Waals surface area contributed by atoms with Gasteiger partial charge in [0.15, 0.2) is 0 Å². The Morgan fingerprint density at radius 3 is 2.43 bits per heavy atom. The average Bonchev–Trinajstić information content (AvgIpc) is 2.62. The molecule has 0 radical (unpaired) electrons. The predicted molar refractivity (Wildman–Crippen MR) is 93.8 cm³/mol. The van der Waals surface area contributed by atoms with E-state index in [0.29, 0.717) is 0 Å². The van der Waals surface area contributed by atoms with Gasteiger partial charge in [0.05, 0.1) is 0 Å². The van der Waals surface area contributed by atoms with E-state index in [-0.39, 0.29) is 0 Å². The molecule has 0 bridgehead atoms. The van der Waals surface area contributed by atoms with E-state index >= 15 is 0 Å². The molecule has 23 heavy (non-hydrogen) atoms. The first kappa shape index (κ1) is 16.0. The molecule has 122 valence electrons. The van der Waals surface area contributed by atoms with Crippen LogP contribution in [0.15, 0.2) is 42.6 Å². The number of aryl methyl sites for hydroxylation is 1. The Bertz CT molecular complexity index is 636. The maximum atomic E-state index is 10.6. The SMILES string of the molecule is CCN1CCN(c2cc(C)c([C@@H](O)c3ccccc3)cn2)CC1. The van der Waals surface area contributed by atoms with Gasteiger partial charge in [-0.15, -0.1) is 0 Å². The smallest absolute Gasteiger partial charge is 0.128 e. The molecular formula is C19H25N3O. The molecule has 2 heterocycles. The molecule has 1 saturated heterocycles. The van der Waals surface area contributed by atoms with Gasteiger partial charge in [-0.3, -0.25) is 0 Å². The van der Waals surface area contributed by atoms with E-state index < -0.39 is 6.10 Å². The zero-order valence-corrected chi connectivity index (χ0v) is 13.9. The standard InChI is InChI=1S/C19H25N3O/c1-3-21-9-11-22(12-10-21)18-13-15(2)17(14-20-18)19(23)16-7-5-4-6-8-16/h4-8,13-14,19,23H,3,9-12H2,1-2H3/t19-/m0/s1. The number of aliphatic hydroxyl groups excluding tert-OH is 1. The summed E-state index contributed by atoms with van der Waals surface area (Å²) in [5.41, 5.74) is 2.87. The quantitative estimate of drug-likeness (QED) is 0.942. The average molecular weight is 311 g/mol. The Kier molecular flexibility index (Phi) is 4.94. The molecule has 1 aliphatic heterocycles. The summed E-state index contributed by atoms with van der Waals surface area (Å²) >= 11 is 0. The van der Waals surface area contributed by atoms with E-state index in [1.807, 2.05) is 36.5 Å². The topological polar surface area (TPSA) is 39.6 Å². The normalized spacial score (nSPS) is 17.3. The zero-order valence-electron chi connectivity index (χ0n) is 13.9. The van der Waals surface area contributed by atoms with Crippen molar-refractivity contribution in [2.45, 2.75) is 20.0 Å². The number of rotatable bonds is 4. The molecule has 1 aromatic carbocycles. The van der Waals surface area contributed by atoms with Crippen LogP contribution in [0, 0.1) is 6.92 Å². The van der Waals surface area contributed by atoms with Crippen LogP contribution in [0.4, 0.5) is 5.82 Å². The van der Waals surface area contributed by atoms with Crippen LogP contribution in [-0.2, 0) is 0 Å². The second-order valence-corrected chi connectivity index (χ2v) is 6.13. The molecular weight excluding hydrogens is 286 g/mol. The minimum atomic E-state index is -0.616. The first-order chi connectivity index (χ1) is 11.2. The van der Waals surface area contributed by atoms with E-state index in [4.69, 9.17) is 0 Å². The number of nitrogens with zero attached hydrogens (tertiary/aromatic N) is 3. The van der Waals surface area contributed by atoms with Crippen molar-refractivity contribution in [2.24, 2.45) is 0 Å². The number of aliphatic hydroxyl groups is 1. The van der Waals surface area contributed by atoms with Crippen molar-refractivity contribution in [3.8, 4) is 0 Å². The molecule has 0 spiro atoms. The third-order valence-corrected chi connectivity index (χ3v) is 4.69. The van der Waals surface area contributed by atoms with E-state index in [1.54, 1.807) is 0 Å². The summed E-state index contributed by atoms with van der Waals surface area (Å²) in [7, 11) is 0. The molecule has 1 aliphatic rings. The van der Waals surface area contributed by atoms with Crippen LogP contribution >= 0.6 is 0 Å². The number of hydrogen-bond donors (Lipinski definition) is 1. The summed E-state index contributed by atoms with van der Waals surface area (Å²) in [6.07, 6.45) is 1.21. The molecule has 1 aromatic heterocycles. The molecule has 0 aliphatic carbocycles. The van der Waals surface area contributed by atoms with Crippen molar-refractivity contribution in [1.82, 2.24) is 9.88 Å². The highest BCUT2D eigenvalue weighted by Gasteiger charge is 2.19. The minimum Gasteiger partial charge on any atom is -0.384 e. The zero-order chi connectivity index (χ0) is 16.2. The maximum Gasteiger partial charge on any atom is 0.128 e. The molecule has 1 fully saturated rings. The fourth-order valence-corrected chi connectivity index (χ4v) is 3.12. The van der Waals surface area contributed by atoms with Crippen LogP contribution in [0.2, 0.25) is 0 Å². The second kappa shape index (κ2) is 7.11. The molecule has 0 unspecified atom stereocenters. The summed E-state index contributed by atoms with van der Waals surface area (Å²) < 4.78 is 0. The predicted octanol–water partition coefficient (Wildman–Crippen LogP) is 2.61. The highest BCUT2D eigenvalue weighted by molar-refractivity contribution is 5.46. The fourth-order valence-electron chi connectivity index (χ4n) is 3.12. The Balaban J connectivity index is 1.76. The van der Waals surface area contributed by atoms with Gasteiger partial charge in [0, 0.05) is 37.9 Å². The monoisotopic (exact) mass is 311 g/mol. The Morgan fingerprint density at radius 2 is 1.83 bits per heavy atom. The largest absolute Gasteiger partial charge is 0.384 e. The number of piperazine rings is 1. The van der Waals surface area contributed by atoms with Gasteiger partial charge >= 0.3 is 0 Å². The van der Waals surface area contributed by atoms with Crippen LogP contribution in [0.1, 0.15) is 29.7 Å². The maximum absolute atomic E-state index is 10.6. The van der Waals surface area contributed by atoms with E-state index in [9.17, 15) is 5.11 Å². The summed E-state index contributed by atoms with van der Waals surface area (Å²) in [6, 6.07) is 11.8. The second-order valence-electron chi connectivity index (χ2n) is 6.13. The minimum absolute atomic E-state index is 0.616. The lowest BCUT2D eigenvalue weighted by Crippen LogP contribution is -2.46. The van der Waals surface area contributed by atoms with Crippen molar-refractivity contribution in [2.75, 3.05) is 37.6 Å². The van der Waals surface area contributed by atoms with E-state index in [2.05, 4.69) is 34.7 Å². The van der Waals surface area contributed by atoms with Crippen LogP contribution in [0.25, 0.3) is 0 Å². The lowest BCUT2D eigenvalue weighted by atomic mass is 9.99. The van der Waals surface area contributed by atoms with Crippen molar-refractivity contribution in [3.63, 3.8) is 0 Å². The van der Waals surface area contributed by atoms with Crippen molar-refractivity contribution < 1.29 is 5.11 Å². The lowest BCUT2D eigenvalue weighted by Gasteiger charge is -2.35. The molecule has 1 atom stereocenters. The van der Waals surface area contributed by atoms with Crippen molar-refractivity contribution >= 4 is 5.82 Å². The third-order valence-electron chi connectivity index (χ3n) is 4.69. The first-order valence-electron chi connectivity index (χ1n) is 8.36. The van der Waals surface area contributed by atoms with Crippen LogP contribution < -0.4 is 4.90 Å². The van der Waals surface area contributed by atoms with Crippen LogP contribution in [0.5, 0.6) is 0 Å². The molecule has 0 saturated carbocycles. The van der Waals surface area contributed by atoms with Gasteiger partial charge in [0.1, 0.15) is 11.9 Å². The first-order valence-corrected chi connectivity index (χ1v) is 8.36. The number of benzene rings is 1. The molecule has 3 rings (SSSR count). The van der Waals surface area contributed by atoms with E-state index in [1.165, 1.54) is 0 Å². The van der Waals surface area contributed by atoms with Crippen molar-refractivity contribution in [3.05, 3.63) is 59.3 Å². The molecule has 0 amide bonds. The number of hydrogen-bond acceptors (Lipinski definition) is 4. The van der Waals surface area contributed by atoms with Gasteiger partial charge in [0.25, 0.3) is 0 Å². The van der Waals surface area contributed by atoms with Gasteiger partial charge in [0.2, 0.25) is 0 Å². The van der Waals surface area contributed by atoms with Crippen LogP contribution in [-0.4, -0.2) is 47.7 Å². The van der Waals surface area contributed by atoms with Crippen LogP contribution in [0.3, 0.4) is 0 Å². The van der Waals surface area contributed by atoms with Gasteiger partial charge in [-0.1, -0.05) is 37.3 Å². The summed E-state index contributed by atoms with van der Waals surface area (Å²) in [5.74, 6) is 1.02. The third kappa shape index (κ3) is 3.54. The van der Waals surface area contributed by atoms with Gasteiger partial charge in [-0.25, -0.2) is 4.98 Å². The summed E-state index contributed by atoms with van der Waals surface area (Å²) in [6.45, 7) is 9.58. The summed E-state index contributed by atoms with van der Waals surface area (Å²) in [4.78, 5) is 9.39. The number of anilines is 1. The Morgan fingerprint density at radius 1 is 1.13 bits per heavy atom. The highest BCUT2D eigenvalue weighted by atomic mass is 16.3. The highest BCUT2D eigenvalue weighted by Crippen LogP contribution is 2.26. The van der Waals surface area contributed by atoms with Crippen molar-refractivity contribution in [1.29, 1.82) is 0 Å². The molecule has 2 aromatic rings. The molecule has 4 nitrogen and oxygen atoms in total. The van der Waals surface area contributed by atoms with Gasteiger partial charge in [-0.05, 0) is 30.7 Å². The number of aromatic nitrogens is 1. The van der Waals surface area contributed by atoms with E-state index in [0.717, 1.165) is 55.2 Å². The van der Waals surface area contributed by atoms with Gasteiger partial charge < -0.3 is 14.9 Å². The number of likely N-dealkylation sites (N-methyl/N-ethyl adjacent to an activating group) is 1. The summed E-state index contributed by atoms with van der Waals surface area (Å²) in [5, 5.41) is 10.6.